The third-order valence-corrected chi connectivity index (χ3v) is 1.90. The van der Waals surface area contributed by atoms with Crippen LogP contribution < -0.4 is 5.73 Å². The third-order valence-electron chi connectivity index (χ3n) is 1.90. The molecule has 0 spiro atoms. The van der Waals surface area contributed by atoms with Crippen molar-refractivity contribution in [1.82, 2.24) is 4.90 Å². The van der Waals surface area contributed by atoms with E-state index in [1.54, 1.807) is 0 Å². The highest BCUT2D eigenvalue weighted by molar-refractivity contribution is 5.17. The van der Waals surface area contributed by atoms with Gasteiger partial charge in [0.15, 0.2) is 0 Å². The van der Waals surface area contributed by atoms with Crippen molar-refractivity contribution in [2.75, 3.05) is 20.1 Å². The molecule has 0 aromatic carbocycles. The lowest BCUT2D eigenvalue weighted by Gasteiger charge is -2.02. The van der Waals surface area contributed by atoms with Gasteiger partial charge in [-0.15, -0.1) is 0 Å². The first-order valence-corrected chi connectivity index (χ1v) is 3.87. The Hall–Kier alpha value is -0.340. The van der Waals surface area contributed by atoms with Gasteiger partial charge in [0.05, 0.1) is 0 Å². The van der Waals surface area contributed by atoms with E-state index < -0.39 is 0 Å². The fourth-order valence-electron chi connectivity index (χ4n) is 1.42. The number of rotatable bonds is 1. The normalized spacial score (nSPS) is 31.9. The van der Waals surface area contributed by atoms with Gasteiger partial charge < -0.3 is 10.6 Å². The zero-order chi connectivity index (χ0) is 7.56. The first-order chi connectivity index (χ1) is 4.74. The molecule has 2 N–H and O–H groups in total. The molecule has 0 saturated carbocycles. The van der Waals surface area contributed by atoms with Crippen LogP contribution in [0.15, 0.2) is 11.6 Å². The molecule has 1 atom stereocenters. The number of hydrogen-bond donors (Lipinski definition) is 1. The molecule has 1 fully saturated rings. The molecule has 0 aliphatic carbocycles. The second-order valence-electron chi connectivity index (χ2n) is 2.99. The monoisotopic (exact) mass is 140 g/mol. The summed E-state index contributed by atoms with van der Waals surface area (Å²) < 4.78 is 0. The van der Waals surface area contributed by atoms with E-state index in [0.717, 1.165) is 19.5 Å². The van der Waals surface area contributed by atoms with Crippen molar-refractivity contribution in [3.05, 3.63) is 11.6 Å². The minimum atomic E-state index is 0.296. The van der Waals surface area contributed by atoms with Gasteiger partial charge in [-0.25, -0.2) is 0 Å². The zero-order valence-electron chi connectivity index (χ0n) is 6.80. The van der Waals surface area contributed by atoms with E-state index in [2.05, 4.69) is 24.9 Å². The quantitative estimate of drug-likeness (QED) is 0.540. The molecule has 1 unspecified atom stereocenters. The molecule has 0 amide bonds. The van der Waals surface area contributed by atoms with Crippen molar-refractivity contribution >= 4 is 0 Å². The van der Waals surface area contributed by atoms with E-state index in [1.165, 1.54) is 5.57 Å². The second kappa shape index (κ2) is 3.17. The van der Waals surface area contributed by atoms with Crippen molar-refractivity contribution in [3.63, 3.8) is 0 Å². The van der Waals surface area contributed by atoms with Crippen LogP contribution in [0.1, 0.15) is 13.3 Å². The van der Waals surface area contributed by atoms with Crippen LogP contribution in [0.3, 0.4) is 0 Å². The molecule has 1 rings (SSSR count). The van der Waals surface area contributed by atoms with Crippen molar-refractivity contribution in [3.8, 4) is 0 Å². The number of allylic oxidation sites excluding steroid dienone is 1. The molecule has 1 aliphatic rings. The van der Waals surface area contributed by atoms with Gasteiger partial charge in [0.2, 0.25) is 0 Å². The summed E-state index contributed by atoms with van der Waals surface area (Å²) in [6, 6.07) is 0.296. The first-order valence-electron chi connectivity index (χ1n) is 3.87. The highest BCUT2D eigenvalue weighted by atomic mass is 15.1. The summed E-state index contributed by atoms with van der Waals surface area (Å²) in [5.41, 5.74) is 7.25. The first kappa shape index (κ1) is 7.76. The summed E-state index contributed by atoms with van der Waals surface area (Å²) in [5.74, 6) is 0. The number of nitrogens with two attached hydrogens (primary N) is 1. The average molecular weight is 140 g/mol. The minimum Gasteiger partial charge on any atom is -0.323 e. The minimum absolute atomic E-state index is 0.296. The predicted octanol–water partition coefficient (Wildman–Crippen LogP) is 0.596. The Bertz CT molecular complexity index is 140. The van der Waals surface area contributed by atoms with Crippen LogP contribution in [-0.4, -0.2) is 31.1 Å². The average Bonchev–Trinajstić information content (AvgIpc) is 2.13. The predicted molar refractivity (Wildman–Crippen MR) is 43.8 cm³/mol. The molecule has 2 heteroatoms. The van der Waals surface area contributed by atoms with Crippen LogP contribution in [0.2, 0.25) is 0 Å². The summed E-state index contributed by atoms with van der Waals surface area (Å²) in [5, 5.41) is 0. The van der Waals surface area contributed by atoms with Gasteiger partial charge in [-0.05, 0) is 19.0 Å². The van der Waals surface area contributed by atoms with Gasteiger partial charge in [-0.1, -0.05) is 13.0 Å². The molecule has 10 heavy (non-hydrogen) atoms. The van der Waals surface area contributed by atoms with E-state index in [9.17, 15) is 0 Å². The Morgan fingerprint density at radius 1 is 1.80 bits per heavy atom. The Morgan fingerprint density at radius 3 is 2.90 bits per heavy atom. The van der Waals surface area contributed by atoms with Gasteiger partial charge in [0.25, 0.3) is 0 Å². The van der Waals surface area contributed by atoms with E-state index in [-0.39, 0.29) is 0 Å². The summed E-state index contributed by atoms with van der Waals surface area (Å²) in [6.45, 7) is 4.23. The van der Waals surface area contributed by atoms with E-state index in [4.69, 9.17) is 5.73 Å². The van der Waals surface area contributed by atoms with E-state index in [0.29, 0.717) is 6.04 Å². The molecular weight excluding hydrogens is 124 g/mol. The smallest absolute Gasteiger partial charge is 0.0395 e. The van der Waals surface area contributed by atoms with Crippen LogP contribution in [0, 0.1) is 0 Å². The maximum atomic E-state index is 5.85. The summed E-state index contributed by atoms with van der Waals surface area (Å²) in [7, 11) is 2.11. The molecule has 0 aromatic rings. The Labute approximate surface area is 62.7 Å². The summed E-state index contributed by atoms with van der Waals surface area (Å²) >= 11 is 0. The molecule has 1 saturated heterocycles. The Balaban J connectivity index is 2.54. The van der Waals surface area contributed by atoms with Crippen molar-refractivity contribution in [1.29, 1.82) is 0 Å². The van der Waals surface area contributed by atoms with Crippen molar-refractivity contribution in [2.24, 2.45) is 5.73 Å². The summed E-state index contributed by atoms with van der Waals surface area (Å²) in [6.07, 6.45) is 3.35. The Kier molecular flexibility index (Phi) is 2.46. The number of likely N-dealkylation sites (tertiary alicyclic amines) is 1. The fraction of sp³-hybridized carbons (Fsp3) is 0.750. The molecule has 0 radical (unpaired) electrons. The molecule has 2 nitrogen and oxygen atoms in total. The van der Waals surface area contributed by atoms with Crippen LogP contribution in [0.5, 0.6) is 0 Å². The van der Waals surface area contributed by atoms with Gasteiger partial charge in [-0.2, -0.15) is 0 Å². The van der Waals surface area contributed by atoms with Crippen LogP contribution >= 0.6 is 0 Å². The maximum absolute atomic E-state index is 5.85. The highest BCUT2D eigenvalue weighted by Crippen LogP contribution is 2.12. The molecule has 58 valence electrons. The molecule has 0 aromatic heterocycles. The molecule has 1 heterocycles. The maximum Gasteiger partial charge on any atom is 0.0395 e. The van der Waals surface area contributed by atoms with Crippen LogP contribution in [0.25, 0.3) is 0 Å². The van der Waals surface area contributed by atoms with Crippen LogP contribution in [-0.2, 0) is 0 Å². The van der Waals surface area contributed by atoms with Gasteiger partial charge in [0.1, 0.15) is 0 Å². The molecular formula is C8H16N2. The van der Waals surface area contributed by atoms with Crippen molar-refractivity contribution < 1.29 is 0 Å². The summed E-state index contributed by atoms with van der Waals surface area (Å²) in [4.78, 5) is 2.26. The van der Waals surface area contributed by atoms with E-state index in [1.807, 2.05) is 0 Å². The second-order valence-corrected chi connectivity index (χ2v) is 2.99. The number of nitrogens with zero attached hydrogens (tertiary/aromatic N) is 1. The number of hydrogen-bond acceptors (Lipinski definition) is 2. The topological polar surface area (TPSA) is 29.3 Å². The standard InChI is InChI=1S/C8H16N2/c1-3-4-7-5-10(2)6-8(7)9/h4,8H,3,5-6,9H2,1-2H3/b7-4-. The number of likely N-dealkylation sites (N-methyl/N-ethyl adjacent to an activating group) is 1. The van der Waals surface area contributed by atoms with Gasteiger partial charge in [-0.3, -0.25) is 0 Å². The third kappa shape index (κ3) is 1.58. The fourth-order valence-corrected chi connectivity index (χ4v) is 1.42. The largest absolute Gasteiger partial charge is 0.323 e. The lowest BCUT2D eigenvalue weighted by molar-refractivity contribution is 0.415. The van der Waals surface area contributed by atoms with Gasteiger partial charge >= 0.3 is 0 Å². The zero-order valence-corrected chi connectivity index (χ0v) is 6.80. The lowest BCUT2D eigenvalue weighted by atomic mass is 10.1. The lowest BCUT2D eigenvalue weighted by Crippen LogP contribution is -2.24. The van der Waals surface area contributed by atoms with E-state index >= 15 is 0 Å². The SMILES string of the molecule is CC/C=C1/CN(C)CC1N. The molecule has 1 aliphatic heterocycles. The highest BCUT2D eigenvalue weighted by Gasteiger charge is 2.19. The van der Waals surface area contributed by atoms with Gasteiger partial charge in [0, 0.05) is 19.1 Å². The van der Waals surface area contributed by atoms with Crippen molar-refractivity contribution in [2.45, 2.75) is 19.4 Å². The van der Waals surface area contributed by atoms with Crippen LogP contribution in [0.4, 0.5) is 0 Å². The molecule has 0 bridgehead atoms. The Morgan fingerprint density at radius 2 is 2.50 bits per heavy atom.